The van der Waals surface area contributed by atoms with E-state index in [1.807, 2.05) is 31.4 Å². The number of anilines is 2. The molecular weight excluding hydrogens is 324 g/mol. The molecule has 1 aliphatic heterocycles. The van der Waals surface area contributed by atoms with Gasteiger partial charge in [-0.3, -0.25) is 0 Å². The number of benzene rings is 1. The molecule has 0 fully saturated rings. The number of nitrogens with one attached hydrogen (secondary N) is 2. The second-order valence-corrected chi connectivity index (χ2v) is 6.46. The minimum absolute atomic E-state index is 0.311. The molecule has 7 heteroatoms. The molecule has 0 spiro atoms. The number of carbonyl (C=O) groups excluding carboxylic acids is 1. The van der Waals surface area contributed by atoms with E-state index in [2.05, 4.69) is 26.7 Å². The van der Waals surface area contributed by atoms with Gasteiger partial charge in [-0.05, 0) is 48.6 Å². The summed E-state index contributed by atoms with van der Waals surface area (Å²) < 4.78 is 4.74. The Balaban J connectivity index is 1.76. The van der Waals surface area contributed by atoms with Crippen LogP contribution in [-0.2, 0) is 9.53 Å². The number of carbonyl (C=O) groups is 1. The van der Waals surface area contributed by atoms with Crippen molar-refractivity contribution in [2.24, 2.45) is 0 Å². The molecule has 1 atom stereocenters. The van der Waals surface area contributed by atoms with Crippen LogP contribution >= 0.6 is 11.8 Å². The van der Waals surface area contributed by atoms with E-state index in [0.717, 1.165) is 17.1 Å². The van der Waals surface area contributed by atoms with Gasteiger partial charge in [-0.25, -0.2) is 14.8 Å². The molecule has 0 bridgehead atoms. The van der Waals surface area contributed by atoms with Crippen molar-refractivity contribution in [3.05, 3.63) is 52.7 Å². The quantitative estimate of drug-likeness (QED) is 0.827. The molecule has 0 radical (unpaired) electrons. The van der Waals surface area contributed by atoms with Crippen LogP contribution in [-0.4, -0.2) is 28.4 Å². The number of esters is 1. The van der Waals surface area contributed by atoms with Crippen molar-refractivity contribution in [1.29, 1.82) is 0 Å². The third-order valence-corrected chi connectivity index (χ3v) is 4.39. The predicted molar refractivity (Wildman–Crippen MR) is 95.7 cm³/mol. The van der Waals surface area contributed by atoms with Gasteiger partial charge >= 0.3 is 5.97 Å². The first-order chi connectivity index (χ1) is 11.5. The monoisotopic (exact) mass is 342 g/mol. The van der Waals surface area contributed by atoms with Gasteiger partial charge in [0, 0.05) is 11.9 Å². The van der Waals surface area contributed by atoms with E-state index < -0.39 is 5.37 Å². The summed E-state index contributed by atoms with van der Waals surface area (Å²) in [5.74, 6) is 0.195. The molecule has 2 heterocycles. The lowest BCUT2D eigenvalue weighted by molar-refractivity contribution is -0.140. The van der Waals surface area contributed by atoms with Crippen molar-refractivity contribution < 1.29 is 9.53 Å². The smallest absolute Gasteiger partial charge is 0.339 e. The Morgan fingerprint density at radius 1 is 1.29 bits per heavy atom. The summed E-state index contributed by atoms with van der Waals surface area (Å²) in [4.78, 5) is 20.3. The van der Waals surface area contributed by atoms with Gasteiger partial charge in [0.15, 0.2) is 5.37 Å². The number of aryl methyl sites for hydroxylation is 2. The van der Waals surface area contributed by atoms with Crippen molar-refractivity contribution in [3.8, 4) is 0 Å². The molecule has 1 aliphatic rings. The molecule has 0 saturated carbocycles. The normalized spacial score (nSPS) is 16.3. The minimum atomic E-state index is -0.434. The number of rotatable bonds is 4. The Kier molecular flexibility index (Phi) is 4.71. The van der Waals surface area contributed by atoms with Crippen LogP contribution in [0.2, 0.25) is 0 Å². The summed E-state index contributed by atoms with van der Waals surface area (Å²) in [7, 11) is 1.37. The highest BCUT2D eigenvalue weighted by Gasteiger charge is 2.26. The summed E-state index contributed by atoms with van der Waals surface area (Å²) >= 11 is 1.36. The SMILES string of the molecule is COC(=O)C1NC(c2ccnc(Nc3cc(C)cc(C)c3)n2)=CS1. The second kappa shape index (κ2) is 6.92. The van der Waals surface area contributed by atoms with Crippen molar-refractivity contribution in [2.75, 3.05) is 12.4 Å². The topological polar surface area (TPSA) is 76.1 Å². The molecule has 124 valence electrons. The highest BCUT2D eigenvalue weighted by atomic mass is 32.2. The summed E-state index contributed by atoms with van der Waals surface area (Å²) in [5.41, 5.74) is 4.79. The van der Waals surface area contributed by atoms with Gasteiger partial charge < -0.3 is 15.4 Å². The third kappa shape index (κ3) is 3.68. The maximum Gasteiger partial charge on any atom is 0.339 e. The van der Waals surface area contributed by atoms with Gasteiger partial charge in [-0.1, -0.05) is 17.8 Å². The average molecular weight is 342 g/mol. The number of nitrogens with zero attached hydrogens (tertiary/aromatic N) is 2. The van der Waals surface area contributed by atoms with Gasteiger partial charge in [0.2, 0.25) is 5.95 Å². The van der Waals surface area contributed by atoms with Crippen LogP contribution < -0.4 is 10.6 Å². The lowest BCUT2D eigenvalue weighted by Crippen LogP contribution is -2.30. The zero-order valence-corrected chi connectivity index (χ0v) is 14.5. The van der Waals surface area contributed by atoms with Crippen LogP contribution in [0.5, 0.6) is 0 Å². The van der Waals surface area contributed by atoms with Crippen molar-refractivity contribution in [2.45, 2.75) is 19.2 Å². The molecule has 24 heavy (non-hydrogen) atoms. The summed E-state index contributed by atoms with van der Waals surface area (Å²) in [5, 5.41) is 7.75. The Morgan fingerprint density at radius 3 is 2.75 bits per heavy atom. The van der Waals surface area contributed by atoms with Gasteiger partial charge in [0.05, 0.1) is 18.5 Å². The highest BCUT2D eigenvalue weighted by molar-refractivity contribution is 8.03. The molecule has 1 aromatic heterocycles. The summed E-state index contributed by atoms with van der Waals surface area (Å²) in [6, 6.07) is 7.99. The fourth-order valence-corrected chi connectivity index (χ4v) is 3.31. The third-order valence-electron chi connectivity index (χ3n) is 3.43. The number of hydrogen-bond donors (Lipinski definition) is 2. The highest BCUT2D eigenvalue weighted by Crippen LogP contribution is 2.27. The zero-order chi connectivity index (χ0) is 17.1. The number of thioether (sulfide) groups is 1. The molecule has 1 unspecified atom stereocenters. The molecule has 2 aromatic rings. The van der Waals surface area contributed by atoms with E-state index in [0.29, 0.717) is 5.95 Å². The predicted octanol–water partition coefficient (Wildman–Crippen LogP) is 2.97. The van der Waals surface area contributed by atoms with Crippen LogP contribution in [0.25, 0.3) is 5.70 Å². The van der Waals surface area contributed by atoms with Crippen molar-refractivity contribution >= 4 is 35.1 Å². The van der Waals surface area contributed by atoms with Gasteiger partial charge in [-0.15, -0.1) is 0 Å². The minimum Gasteiger partial charge on any atom is -0.467 e. The first-order valence-corrected chi connectivity index (χ1v) is 8.38. The number of ether oxygens (including phenoxy) is 1. The second-order valence-electron chi connectivity index (χ2n) is 5.48. The molecule has 0 aliphatic carbocycles. The maximum absolute atomic E-state index is 11.6. The van der Waals surface area contributed by atoms with Gasteiger partial charge in [0.25, 0.3) is 0 Å². The van der Waals surface area contributed by atoms with Crippen molar-refractivity contribution in [3.63, 3.8) is 0 Å². The molecule has 3 rings (SSSR count). The summed E-state index contributed by atoms with van der Waals surface area (Å²) in [6.45, 7) is 4.10. The molecule has 0 amide bonds. The Bertz CT molecular complexity index is 787. The van der Waals surface area contributed by atoms with E-state index in [4.69, 9.17) is 4.74 Å². The van der Waals surface area contributed by atoms with E-state index in [-0.39, 0.29) is 5.97 Å². The first-order valence-electron chi connectivity index (χ1n) is 7.44. The van der Waals surface area contributed by atoms with Crippen LogP contribution in [0.1, 0.15) is 16.8 Å². The molecule has 0 saturated heterocycles. The Hall–Kier alpha value is -2.54. The standard InChI is InChI=1S/C17H18N4O2S/c1-10-6-11(2)8-12(7-10)19-17-18-5-4-13(21-17)14-9-24-15(20-14)16(22)23-3/h4-9,15,20H,1-3H3,(H,18,19,21). The van der Waals surface area contributed by atoms with E-state index >= 15 is 0 Å². The fourth-order valence-electron chi connectivity index (χ4n) is 2.45. The van der Waals surface area contributed by atoms with Crippen LogP contribution in [0.15, 0.2) is 35.9 Å². The average Bonchev–Trinajstić information content (AvgIpc) is 3.03. The number of aromatic nitrogens is 2. The molecular formula is C17H18N4O2S. The first kappa shape index (κ1) is 16.3. The van der Waals surface area contributed by atoms with Gasteiger partial charge in [0.1, 0.15) is 0 Å². The van der Waals surface area contributed by atoms with Gasteiger partial charge in [-0.2, -0.15) is 0 Å². The molecule has 2 N–H and O–H groups in total. The van der Waals surface area contributed by atoms with Crippen molar-refractivity contribution in [1.82, 2.24) is 15.3 Å². The maximum atomic E-state index is 11.6. The number of methoxy groups -OCH3 is 1. The van der Waals surface area contributed by atoms with Crippen LogP contribution in [0.4, 0.5) is 11.6 Å². The van der Waals surface area contributed by atoms with E-state index in [1.165, 1.54) is 30.0 Å². The summed E-state index contributed by atoms with van der Waals surface area (Å²) in [6.07, 6.45) is 1.69. The fraction of sp³-hybridized carbons (Fsp3) is 0.235. The molecule has 6 nitrogen and oxygen atoms in total. The van der Waals surface area contributed by atoms with Crippen LogP contribution in [0, 0.1) is 13.8 Å². The van der Waals surface area contributed by atoms with E-state index in [1.54, 1.807) is 12.3 Å². The number of hydrogen-bond acceptors (Lipinski definition) is 7. The lowest BCUT2D eigenvalue weighted by Gasteiger charge is -2.11. The lowest BCUT2D eigenvalue weighted by atomic mass is 10.1. The van der Waals surface area contributed by atoms with E-state index in [9.17, 15) is 4.79 Å². The zero-order valence-electron chi connectivity index (χ0n) is 13.7. The molecule has 1 aromatic carbocycles. The Labute approximate surface area is 144 Å². The largest absolute Gasteiger partial charge is 0.467 e. The van der Waals surface area contributed by atoms with Crippen LogP contribution in [0.3, 0.4) is 0 Å². The Morgan fingerprint density at radius 2 is 2.04 bits per heavy atom.